The van der Waals surface area contributed by atoms with Crippen molar-refractivity contribution in [1.29, 1.82) is 0 Å². The Bertz CT molecular complexity index is 619. The van der Waals surface area contributed by atoms with Crippen LogP contribution >= 0.6 is 0 Å². The molecule has 17 heavy (non-hydrogen) atoms. The molecule has 0 bridgehead atoms. The number of pyridine rings is 1. The summed E-state index contributed by atoms with van der Waals surface area (Å²) in [6.07, 6.45) is 1.83. The van der Waals surface area contributed by atoms with E-state index in [-0.39, 0.29) is 0 Å². The SMILES string of the molecule is CC1CCc2c1nc1ccccc1c2C(=O)O. The molecular formula is C14H13NO2. The standard InChI is InChI=1S/C14H13NO2/c1-8-6-7-10-12(14(16)17)9-4-2-3-5-11(9)15-13(8)10/h2-5,8H,6-7H2,1H3,(H,16,17). The van der Waals surface area contributed by atoms with Gasteiger partial charge in [0.05, 0.1) is 11.1 Å². The zero-order valence-electron chi connectivity index (χ0n) is 9.60. The minimum atomic E-state index is -0.839. The van der Waals surface area contributed by atoms with Crippen LogP contribution in [0.2, 0.25) is 0 Å². The average molecular weight is 227 g/mol. The Labute approximate surface area is 99.1 Å². The third-order valence-electron chi connectivity index (χ3n) is 3.53. The summed E-state index contributed by atoms with van der Waals surface area (Å²) in [5.74, 6) is -0.471. The minimum absolute atomic E-state index is 0.368. The van der Waals surface area contributed by atoms with Crippen molar-refractivity contribution in [3.8, 4) is 0 Å². The normalized spacial score (nSPS) is 18.3. The number of aromatic carboxylic acids is 1. The van der Waals surface area contributed by atoms with E-state index in [0.717, 1.165) is 35.0 Å². The average Bonchev–Trinajstić information content (AvgIpc) is 2.67. The van der Waals surface area contributed by atoms with Crippen molar-refractivity contribution in [3.63, 3.8) is 0 Å². The van der Waals surface area contributed by atoms with Crippen LogP contribution in [0.15, 0.2) is 24.3 Å². The number of carbonyl (C=O) groups is 1. The van der Waals surface area contributed by atoms with Gasteiger partial charge in [0.2, 0.25) is 0 Å². The molecule has 1 aliphatic carbocycles. The first-order chi connectivity index (χ1) is 8.18. The van der Waals surface area contributed by atoms with Gasteiger partial charge >= 0.3 is 5.97 Å². The number of para-hydroxylation sites is 1. The van der Waals surface area contributed by atoms with Gasteiger partial charge in [0.1, 0.15) is 0 Å². The van der Waals surface area contributed by atoms with Gasteiger partial charge in [-0.1, -0.05) is 25.1 Å². The summed E-state index contributed by atoms with van der Waals surface area (Å²) in [5, 5.41) is 10.2. The zero-order valence-corrected chi connectivity index (χ0v) is 9.60. The van der Waals surface area contributed by atoms with Crippen molar-refractivity contribution in [2.75, 3.05) is 0 Å². The van der Waals surface area contributed by atoms with Crippen LogP contribution < -0.4 is 0 Å². The van der Waals surface area contributed by atoms with E-state index in [2.05, 4.69) is 11.9 Å². The second-order valence-electron chi connectivity index (χ2n) is 4.61. The molecule has 0 spiro atoms. The quantitative estimate of drug-likeness (QED) is 0.814. The number of nitrogens with zero attached hydrogens (tertiary/aromatic N) is 1. The molecule has 2 aromatic rings. The number of aromatic nitrogens is 1. The first-order valence-electron chi connectivity index (χ1n) is 5.83. The maximum atomic E-state index is 11.5. The summed E-state index contributed by atoms with van der Waals surface area (Å²) in [4.78, 5) is 16.1. The van der Waals surface area contributed by atoms with Crippen LogP contribution in [0.4, 0.5) is 0 Å². The Balaban J connectivity index is 2.44. The third-order valence-corrected chi connectivity index (χ3v) is 3.53. The summed E-state index contributed by atoms with van der Waals surface area (Å²) in [7, 11) is 0. The molecule has 0 aliphatic heterocycles. The van der Waals surface area contributed by atoms with Crippen molar-refractivity contribution >= 4 is 16.9 Å². The van der Waals surface area contributed by atoms with Gasteiger partial charge in [-0.2, -0.15) is 0 Å². The molecule has 3 rings (SSSR count). The van der Waals surface area contributed by atoms with E-state index in [1.54, 1.807) is 0 Å². The van der Waals surface area contributed by atoms with Crippen LogP contribution in [0.1, 0.15) is 40.9 Å². The molecule has 1 atom stereocenters. The molecule has 0 radical (unpaired) electrons. The molecule has 1 unspecified atom stereocenters. The van der Waals surface area contributed by atoms with E-state index in [1.807, 2.05) is 24.3 Å². The lowest BCUT2D eigenvalue weighted by atomic mass is 10.0. The first-order valence-corrected chi connectivity index (χ1v) is 5.83. The smallest absolute Gasteiger partial charge is 0.336 e. The number of benzene rings is 1. The lowest BCUT2D eigenvalue weighted by Gasteiger charge is -2.10. The Morgan fingerprint density at radius 3 is 2.94 bits per heavy atom. The highest BCUT2D eigenvalue weighted by Gasteiger charge is 2.27. The van der Waals surface area contributed by atoms with Crippen LogP contribution in [0.25, 0.3) is 10.9 Å². The number of carboxylic acid groups (broad SMARTS) is 1. The van der Waals surface area contributed by atoms with E-state index in [1.165, 1.54) is 0 Å². The molecule has 0 saturated heterocycles. The number of rotatable bonds is 1. The van der Waals surface area contributed by atoms with Gasteiger partial charge in [-0.15, -0.1) is 0 Å². The molecule has 1 aromatic heterocycles. The van der Waals surface area contributed by atoms with E-state index in [9.17, 15) is 9.90 Å². The van der Waals surface area contributed by atoms with Crippen LogP contribution in [0, 0.1) is 0 Å². The second-order valence-corrected chi connectivity index (χ2v) is 4.61. The lowest BCUT2D eigenvalue weighted by Crippen LogP contribution is -2.05. The summed E-state index contributed by atoms with van der Waals surface area (Å²) in [6, 6.07) is 7.48. The Hall–Kier alpha value is -1.90. The Morgan fingerprint density at radius 2 is 2.18 bits per heavy atom. The molecule has 1 aromatic carbocycles. The molecule has 1 N–H and O–H groups in total. The van der Waals surface area contributed by atoms with Gasteiger partial charge in [-0.3, -0.25) is 4.98 Å². The van der Waals surface area contributed by atoms with Gasteiger partial charge in [0.25, 0.3) is 0 Å². The zero-order chi connectivity index (χ0) is 12.0. The van der Waals surface area contributed by atoms with Crippen molar-refractivity contribution < 1.29 is 9.90 Å². The molecule has 1 aliphatic rings. The highest BCUT2D eigenvalue weighted by atomic mass is 16.4. The largest absolute Gasteiger partial charge is 0.478 e. The van der Waals surface area contributed by atoms with Crippen LogP contribution in [0.3, 0.4) is 0 Å². The third kappa shape index (κ3) is 1.42. The summed E-state index contributed by atoms with van der Waals surface area (Å²) < 4.78 is 0. The van der Waals surface area contributed by atoms with E-state index >= 15 is 0 Å². The molecule has 86 valence electrons. The molecule has 0 fully saturated rings. The van der Waals surface area contributed by atoms with E-state index in [0.29, 0.717) is 11.5 Å². The van der Waals surface area contributed by atoms with E-state index < -0.39 is 5.97 Å². The second kappa shape index (κ2) is 3.55. The van der Waals surface area contributed by atoms with Crippen molar-refractivity contribution in [1.82, 2.24) is 4.98 Å². The number of hydrogen-bond acceptors (Lipinski definition) is 2. The molecule has 3 heteroatoms. The maximum absolute atomic E-state index is 11.5. The number of carboxylic acids is 1. The van der Waals surface area contributed by atoms with Crippen molar-refractivity contribution in [3.05, 3.63) is 41.1 Å². The minimum Gasteiger partial charge on any atom is -0.478 e. The summed E-state index contributed by atoms with van der Waals surface area (Å²) in [6.45, 7) is 2.11. The molecule has 3 nitrogen and oxygen atoms in total. The number of fused-ring (bicyclic) bond motifs is 2. The molecular weight excluding hydrogens is 214 g/mol. The van der Waals surface area contributed by atoms with Gasteiger partial charge in [0.15, 0.2) is 0 Å². The van der Waals surface area contributed by atoms with Crippen molar-refractivity contribution in [2.45, 2.75) is 25.7 Å². The van der Waals surface area contributed by atoms with Crippen LogP contribution in [-0.2, 0) is 6.42 Å². The fourth-order valence-electron chi connectivity index (χ4n) is 2.67. The fourth-order valence-corrected chi connectivity index (χ4v) is 2.67. The van der Waals surface area contributed by atoms with Gasteiger partial charge in [-0.05, 0) is 30.4 Å². The maximum Gasteiger partial charge on any atom is 0.336 e. The fraction of sp³-hybridized carbons (Fsp3) is 0.286. The van der Waals surface area contributed by atoms with Gasteiger partial charge in [0, 0.05) is 11.1 Å². The molecule has 0 amide bonds. The van der Waals surface area contributed by atoms with Crippen molar-refractivity contribution in [2.24, 2.45) is 0 Å². The topological polar surface area (TPSA) is 50.2 Å². The first kappa shape index (κ1) is 10.3. The van der Waals surface area contributed by atoms with Crippen LogP contribution in [-0.4, -0.2) is 16.1 Å². The highest BCUT2D eigenvalue weighted by Crippen LogP contribution is 2.36. The highest BCUT2D eigenvalue weighted by molar-refractivity contribution is 6.04. The van der Waals surface area contributed by atoms with Crippen LogP contribution in [0.5, 0.6) is 0 Å². The predicted molar refractivity (Wildman–Crippen MR) is 65.4 cm³/mol. The number of hydrogen-bond donors (Lipinski definition) is 1. The lowest BCUT2D eigenvalue weighted by molar-refractivity contribution is 0.0698. The Kier molecular flexibility index (Phi) is 2.15. The van der Waals surface area contributed by atoms with E-state index in [4.69, 9.17) is 0 Å². The van der Waals surface area contributed by atoms with Gasteiger partial charge in [-0.25, -0.2) is 4.79 Å². The molecule has 1 heterocycles. The Morgan fingerprint density at radius 1 is 1.41 bits per heavy atom. The van der Waals surface area contributed by atoms with Gasteiger partial charge < -0.3 is 5.11 Å². The molecule has 0 saturated carbocycles. The predicted octanol–water partition coefficient (Wildman–Crippen LogP) is 2.98. The summed E-state index contributed by atoms with van der Waals surface area (Å²) in [5.41, 5.74) is 3.15. The summed E-state index contributed by atoms with van der Waals surface area (Å²) >= 11 is 0. The monoisotopic (exact) mass is 227 g/mol.